The van der Waals surface area contributed by atoms with Crippen LogP contribution in [0.5, 0.6) is 0 Å². The third-order valence-electron chi connectivity index (χ3n) is 5.87. The van der Waals surface area contributed by atoms with E-state index in [1.807, 2.05) is 97.9 Å². The van der Waals surface area contributed by atoms with Gasteiger partial charge in [0.1, 0.15) is 18.3 Å². The molecule has 1 aliphatic heterocycles. The highest BCUT2D eigenvalue weighted by Gasteiger charge is 2.49. The topological polar surface area (TPSA) is 74.2 Å². The monoisotopic (exact) mass is 462 g/mol. The SMILES string of the molecule is C[C@@H]1O[C@H](C(=O)O)[C@@H](OCc2ccccc2)[C@H](OCc2ccccc2)[C@H]1OCc1ccccc1. The van der Waals surface area contributed by atoms with Crippen molar-refractivity contribution in [1.29, 1.82) is 0 Å². The van der Waals surface area contributed by atoms with Gasteiger partial charge in [-0.05, 0) is 23.6 Å². The summed E-state index contributed by atoms with van der Waals surface area (Å²) in [5.41, 5.74) is 2.93. The highest BCUT2D eigenvalue weighted by Crippen LogP contribution is 2.30. The molecule has 6 heteroatoms. The minimum absolute atomic E-state index is 0.240. The molecule has 1 fully saturated rings. The fourth-order valence-electron chi connectivity index (χ4n) is 4.11. The zero-order valence-electron chi connectivity index (χ0n) is 19.2. The van der Waals surface area contributed by atoms with E-state index in [1.54, 1.807) is 0 Å². The minimum Gasteiger partial charge on any atom is -0.479 e. The summed E-state index contributed by atoms with van der Waals surface area (Å²) in [6, 6.07) is 29.2. The Balaban J connectivity index is 1.57. The van der Waals surface area contributed by atoms with Crippen LogP contribution in [-0.2, 0) is 43.6 Å². The number of ether oxygens (including phenoxy) is 4. The van der Waals surface area contributed by atoms with Gasteiger partial charge in [0.05, 0.1) is 25.9 Å². The van der Waals surface area contributed by atoms with E-state index in [4.69, 9.17) is 18.9 Å². The Morgan fingerprint density at radius 3 is 1.47 bits per heavy atom. The molecule has 1 N–H and O–H groups in total. The second-order valence-corrected chi connectivity index (χ2v) is 8.38. The van der Waals surface area contributed by atoms with Gasteiger partial charge in [0.15, 0.2) is 6.10 Å². The summed E-state index contributed by atoms with van der Waals surface area (Å²) in [7, 11) is 0. The van der Waals surface area contributed by atoms with Crippen LogP contribution in [0.2, 0.25) is 0 Å². The molecule has 0 aromatic heterocycles. The van der Waals surface area contributed by atoms with Crippen LogP contribution in [0.3, 0.4) is 0 Å². The lowest BCUT2D eigenvalue weighted by Gasteiger charge is -2.44. The van der Waals surface area contributed by atoms with Crippen molar-refractivity contribution in [3.63, 3.8) is 0 Å². The van der Waals surface area contributed by atoms with Crippen LogP contribution in [-0.4, -0.2) is 41.6 Å². The van der Waals surface area contributed by atoms with Gasteiger partial charge in [-0.2, -0.15) is 0 Å². The number of hydrogen-bond acceptors (Lipinski definition) is 5. The van der Waals surface area contributed by atoms with Crippen molar-refractivity contribution in [2.24, 2.45) is 0 Å². The summed E-state index contributed by atoms with van der Waals surface area (Å²) < 4.78 is 24.7. The van der Waals surface area contributed by atoms with E-state index in [0.717, 1.165) is 16.7 Å². The Hall–Kier alpha value is -3.03. The largest absolute Gasteiger partial charge is 0.479 e. The molecule has 0 amide bonds. The van der Waals surface area contributed by atoms with E-state index in [-0.39, 0.29) is 6.61 Å². The Bertz CT molecular complexity index is 1010. The van der Waals surface area contributed by atoms with Gasteiger partial charge in [0.2, 0.25) is 0 Å². The fourth-order valence-corrected chi connectivity index (χ4v) is 4.11. The highest BCUT2D eigenvalue weighted by atomic mass is 16.6. The van der Waals surface area contributed by atoms with Crippen molar-refractivity contribution in [3.8, 4) is 0 Å². The van der Waals surface area contributed by atoms with Crippen LogP contribution in [0, 0.1) is 0 Å². The maximum Gasteiger partial charge on any atom is 0.335 e. The molecule has 3 aromatic carbocycles. The second-order valence-electron chi connectivity index (χ2n) is 8.38. The van der Waals surface area contributed by atoms with E-state index in [1.165, 1.54) is 0 Å². The smallest absolute Gasteiger partial charge is 0.335 e. The van der Waals surface area contributed by atoms with Crippen molar-refractivity contribution in [3.05, 3.63) is 108 Å². The molecule has 178 valence electrons. The van der Waals surface area contributed by atoms with Gasteiger partial charge >= 0.3 is 5.97 Å². The minimum atomic E-state index is -1.17. The van der Waals surface area contributed by atoms with Crippen molar-refractivity contribution >= 4 is 5.97 Å². The molecule has 5 atom stereocenters. The van der Waals surface area contributed by atoms with Crippen LogP contribution in [0.4, 0.5) is 0 Å². The van der Waals surface area contributed by atoms with Crippen LogP contribution < -0.4 is 0 Å². The Kier molecular flexibility index (Phi) is 8.44. The summed E-state index contributed by atoms with van der Waals surface area (Å²) in [5.74, 6) is -1.08. The van der Waals surface area contributed by atoms with Crippen LogP contribution >= 0.6 is 0 Å². The standard InChI is InChI=1S/C28H30O6/c1-20-24(31-17-21-11-5-2-6-12-21)25(32-18-22-13-7-3-8-14-22)26(27(34-20)28(29)30)33-19-23-15-9-4-10-16-23/h2-16,20,24-27H,17-19H2,1H3,(H,29,30)/t20-,24-,25+,26-,27-/m0/s1. The fraction of sp³-hybridized carbons (Fsp3) is 0.321. The first-order valence-corrected chi connectivity index (χ1v) is 11.5. The first kappa shape index (κ1) is 24.1. The van der Waals surface area contributed by atoms with Gasteiger partial charge < -0.3 is 24.1 Å². The summed E-state index contributed by atoms with van der Waals surface area (Å²) in [5, 5.41) is 9.92. The first-order valence-electron chi connectivity index (χ1n) is 11.5. The number of benzene rings is 3. The Labute approximate surface area is 200 Å². The van der Waals surface area contributed by atoms with Crippen LogP contribution in [0.1, 0.15) is 23.6 Å². The zero-order valence-corrected chi connectivity index (χ0v) is 19.2. The summed E-state index contributed by atoms with van der Waals surface area (Å²) >= 11 is 0. The third kappa shape index (κ3) is 6.30. The summed E-state index contributed by atoms with van der Waals surface area (Å²) in [6.07, 6.45) is -3.67. The number of rotatable bonds is 10. The molecule has 1 heterocycles. The molecule has 0 bridgehead atoms. The number of hydrogen-bond donors (Lipinski definition) is 1. The molecular formula is C28H30O6. The van der Waals surface area contributed by atoms with Gasteiger partial charge in [0, 0.05) is 0 Å². The quantitative estimate of drug-likeness (QED) is 0.474. The van der Waals surface area contributed by atoms with Crippen molar-refractivity contribution in [2.75, 3.05) is 0 Å². The second kappa shape index (κ2) is 11.9. The number of carboxylic acid groups (broad SMARTS) is 1. The number of carbonyl (C=O) groups is 1. The molecule has 3 aromatic rings. The highest BCUT2D eigenvalue weighted by molar-refractivity contribution is 5.73. The zero-order chi connectivity index (χ0) is 23.8. The number of aliphatic carboxylic acids is 1. The van der Waals surface area contributed by atoms with E-state index >= 15 is 0 Å². The average molecular weight is 463 g/mol. The molecule has 4 rings (SSSR count). The normalized spacial score (nSPS) is 24.6. The maximum absolute atomic E-state index is 12.1. The molecule has 0 unspecified atom stereocenters. The Morgan fingerprint density at radius 2 is 1.06 bits per heavy atom. The molecule has 1 saturated heterocycles. The van der Waals surface area contributed by atoms with Crippen LogP contribution in [0.25, 0.3) is 0 Å². The van der Waals surface area contributed by atoms with Crippen molar-refractivity contribution in [1.82, 2.24) is 0 Å². The van der Waals surface area contributed by atoms with Crippen molar-refractivity contribution < 1.29 is 28.8 Å². The van der Waals surface area contributed by atoms with Gasteiger partial charge in [0.25, 0.3) is 0 Å². The van der Waals surface area contributed by atoms with Gasteiger partial charge in [-0.3, -0.25) is 0 Å². The van der Waals surface area contributed by atoms with Gasteiger partial charge in [-0.15, -0.1) is 0 Å². The maximum atomic E-state index is 12.1. The molecule has 1 aliphatic rings. The molecule has 0 aliphatic carbocycles. The lowest BCUT2D eigenvalue weighted by Crippen LogP contribution is -2.61. The number of carboxylic acids is 1. The predicted octanol–water partition coefficient (Wildman–Crippen LogP) is 4.61. The van der Waals surface area contributed by atoms with Crippen molar-refractivity contribution in [2.45, 2.75) is 57.3 Å². The lowest BCUT2D eigenvalue weighted by molar-refractivity contribution is -0.261. The van der Waals surface area contributed by atoms with Gasteiger partial charge in [-0.25, -0.2) is 4.79 Å². The van der Waals surface area contributed by atoms with E-state index in [0.29, 0.717) is 13.2 Å². The van der Waals surface area contributed by atoms with Crippen LogP contribution in [0.15, 0.2) is 91.0 Å². The Morgan fingerprint density at radius 1 is 0.676 bits per heavy atom. The molecule has 0 saturated carbocycles. The molecule has 0 radical (unpaired) electrons. The first-order chi connectivity index (χ1) is 16.6. The average Bonchev–Trinajstić information content (AvgIpc) is 2.87. The third-order valence-corrected chi connectivity index (χ3v) is 5.87. The van der Waals surface area contributed by atoms with E-state index < -0.39 is 36.5 Å². The summed E-state index contributed by atoms with van der Waals surface area (Å²) in [4.78, 5) is 12.1. The summed E-state index contributed by atoms with van der Waals surface area (Å²) in [6.45, 7) is 2.72. The van der Waals surface area contributed by atoms with E-state index in [9.17, 15) is 9.90 Å². The lowest BCUT2D eigenvalue weighted by atomic mass is 9.94. The van der Waals surface area contributed by atoms with Gasteiger partial charge in [-0.1, -0.05) is 91.0 Å². The molecule has 34 heavy (non-hydrogen) atoms. The molecule has 0 spiro atoms. The molecular weight excluding hydrogens is 432 g/mol. The van der Waals surface area contributed by atoms with E-state index in [2.05, 4.69) is 0 Å². The molecule has 6 nitrogen and oxygen atoms in total. The predicted molar refractivity (Wildman–Crippen MR) is 127 cm³/mol.